The third-order valence-corrected chi connectivity index (χ3v) is 7.06. The molecule has 4 rings (SSSR count). The number of pyridine rings is 1. The Morgan fingerprint density at radius 3 is 2.44 bits per heavy atom. The first-order valence-electron chi connectivity index (χ1n) is 11.2. The molecule has 3 aromatic rings. The molecule has 8 nitrogen and oxygen atoms in total. The number of quaternary nitrogens is 1. The van der Waals surface area contributed by atoms with E-state index in [0.717, 1.165) is 6.07 Å². The number of aryl methyl sites for hydroxylation is 1. The van der Waals surface area contributed by atoms with Crippen molar-refractivity contribution in [3.05, 3.63) is 93.7 Å². The highest BCUT2D eigenvalue weighted by molar-refractivity contribution is 5.99. The van der Waals surface area contributed by atoms with Crippen LogP contribution in [0.5, 0.6) is 0 Å². The van der Waals surface area contributed by atoms with Crippen LogP contribution in [0.25, 0.3) is 5.69 Å². The summed E-state index contributed by atoms with van der Waals surface area (Å²) in [5.74, 6) is 0.731. The van der Waals surface area contributed by atoms with Crippen molar-refractivity contribution in [2.75, 3.05) is 13.7 Å². The van der Waals surface area contributed by atoms with E-state index in [0.29, 0.717) is 16.8 Å². The smallest absolute Gasteiger partial charge is 0.375 e. The molecule has 2 heterocycles. The van der Waals surface area contributed by atoms with Gasteiger partial charge in [-0.3, -0.25) is 14.2 Å². The van der Waals surface area contributed by atoms with Crippen LogP contribution in [0.3, 0.4) is 0 Å². The van der Waals surface area contributed by atoms with Gasteiger partial charge in [0.2, 0.25) is 5.54 Å². The van der Waals surface area contributed by atoms with Crippen molar-refractivity contribution in [3.63, 3.8) is 0 Å². The first kappa shape index (κ1) is 24.9. The number of nitrogens with zero attached hydrogens (tertiary/aromatic N) is 2. The Morgan fingerprint density at radius 1 is 1.19 bits per heavy atom. The van der Waals surface area contributed by atoms with Gasteiger partial charge < -0.3 is 16.2 Å². The van der Waals surface area contributed by atoms with Crippen molar-refractivity contribution >= 4 is 17.6 Å². The van der Waals surface area contributed by atoms with E-state index >= 15 is 4.39 Å². The third kappa shape index (κ3) is 3.50. The fraction of sp³-hybridized carbons (Fsp3) is 0.222. The third-order valence-electron chi connectivity index (χ3n) is 7.06. The maximum Gasteiger partial charge on any atom is 0.420 e. The number of rotatable bonds is 5. The molecular weight excluding hydrogens is 463 g/mol. The lowest BCUT2D eigenvalue weighted by Gasteiger charge is -2.42. The van der Waals surface area contributed by atoms with Gasteiger partial charge in [0.25, 0.3) is 11.5 Å². The number of benzene rings is 2. The van der Waals surface area contributed by atoms with E-state index in [1.54, 1.807) is 43.3 Å². The monoisotopic (exact) mass is 489 g/mol. The summed E-state index contributed by atoms with van der Waals surface area (Å²) < 4.78 is 22.0. The summed E-state index contributed by atoms with van der Waals surface area (Å²) >= 11 is 0. The number of likely N-dealkylation sites (tertiary alicyclic amines) is 1. The molecule has 0 bridgehead atoms. The zero-order valence-electron chi connectivity index (χ0n) is 19.9. The van der Waals surface area contributed by atoms with Crippen LogP contribution in [0.4, 0.5) is 14.9 Å². The number of hydrogen-bond donors (Lipinski definition) is 2. The summed E-state index contributed by atoms with van der Waals surface area (Å²) in [6, 6.07) is 12.8. The highest BCUT2D eigenvalue weighted by Crippen LogP contribution is 2.50. The van der Waals surface area contributed by atoms with E-state index < -0.39 is 33.9 Å². The summed E-state index contributed by atoms with van der Waals surface area (Å²) in [5, 5.41) is 0. The average Bonchev–Trinajstić information content (AvgIpc) is 3.23. The van der Waals surface area contributed by atoms with Crippen LogP contribution in [0.1, 0.15) is 23.1 Å². The molecule has 9 heteroatoms. The van der Waals surface area contributed by atoms with Crippen molar-refractivity contribution in [3.8, 4) is 18.0 Å². The zero-order valence-corrected chi connectivity index (χ0v) is 19.9. The summed E-state index contributed by atoms with van der Waals surface area (Å²) in [7, 11) is 1.43. The van der Waals surface area contributed by atoms with E-state index in [-0.39, 0.29) is 29.8 Å². The van der Waals surface area contributed by atoms with Gasteiger partial charge in [-0.05, 0) is 43.3 Å². The second-order valence-corrected chi connectivity index (χ2v) is 8.84. The molecule has 1 aliphatic heterocycles. The van der Waals surface area contributed by atoms with Crippen molar-refractivity contribution < 1.29 is 18.7 Å². The molecular formula is C27H26FN4O4+. The van der Waals surface area contributed by atoms with Crippen LogP contribution in [0.2, 0.25) is 0 Å². The summed E-state index contributed by atoms with van der Waals surface area (Å²) in [5.41, 5.74) is 11.2. The van der Waals surface area contributed by atoms with Gasteiger partial charge in [-0.1, -0.05) is 12.0 Å². The Bertz CT molecular complexity index is 1460. The van der Waals surface area contributed by atoms with Crippen molar-refractivity contribution in [1.29, 1.82) is 0 Å². The van der Waals surface area contributed by atoms with Gasteiger partial charge >= 0.3 is 6.03 Å². The van der Waals surface area contributed by atoms with Crippen LogP contribution in [0.15, 0.2) is 65.6 Å². The molecule has 1 fully saturated rings. The van der Waals surface area contributed by atoms with Crippen LogP contribution in [-0.2, 0) is 15.1 Å². The Hall–Kier alpha value is -4.26. The number of ether oxygens (including phenoxy) is 1. The number of primary amides is 2. The standard InChI is InChI=1S/C27H25FN4O4/c1-4-18-7-10-20(11-8-18)32(26(30)35)16-21(36-3)15-27(32,25(29)34)22-12-9-19(14-23(22)28)31-13-5-6-17(2)24(31)33/h1,5-14,21H,15-16H2,2-3H3,(H3-,29,30,34,35)/p+1/t21-,27-,32?/m1/s1. The Kier molecular flexibility index (Phi) is 6.26. The molecule has 36 heavy (non-hydrogen) atoms. The van der Waals surface area contributed by atoms with Crippen molar-refractivity contribution in [2.45, 2.75) is 25.0 Å². The minimum absolute atomic E-state index is 0.0529. The second-order valence-electron chi connectivity index (χ2n) is 8.84. The predicted octanol–water partition coefficient (Wildman–Crippen LogP) is 2.45. The van der Waals surface area contributed by atoms with E-state index in [9.17, 15) is 14.4 Å². The molecule has 3 atom stereocenters. The minimum atomic E-state index is -1.93. The molecule has 0 aliphatic carbocycles. The molecule has 0 radical (unpaired) electrons. The lowest BCUT2D eigenvalue weighted by molar-refractivity contribution is -0.127. The molecule has 0 saturated carbocycles. The maximum absolute atomic E-state index is 15.9. The van der Waals surface area contributed by atoms with E-state index in [2.05, 4.69) is 5.92 Å². The number of hydrogen-bond acceptors (Lipinski definition) is 4. The number of carbonyl (C=O) groups is 2. The van der Waals surface area contributed by atoms with E-state index in [4.69, 9.17) is 22.6 Å². The number of urea groups is 1. The van der Waals surface area contributed by atoms with Crippen LogP contribution < -0.4 is 21.5 Å². The highest BCUT2D eigenvalue weighted by atomic mass is 19.1. The predicted molar refractivity (Wildman–Crippen MR) is 134 cm³/mol. The quantitative estimate of drug-likeness (QED) is 0.423. The molecule has 4 N–H and O–H groups in total. The minimum Gasteiger partial charge on any atom is -0.375 e. The highest BCUT2D eigenvalue weighted by Gasteiger charge is 2.69. The topological polar surface area (TPSA) is 117 Å². The number of methoxy groups -OCH3 is 1. The number of halogens is 1. The fourth-order valence-electron chi connectivity index (χ4n) is 5.24. The molecule has 1 aromatic heterocycles. The van der Waals surface area contributed by atoms with Gasteiger partial charge in [-0.15, -0.1) is 6.42 Å². The van der Waals surface area contributed by atoms with Gasteiger partial charge in [0, 0.05) is 43.0 Å². The molecule has 3 amide bonds. The van der Waals surface area contributed by atoms with Gasteiger partial charge in [0.15, 0.2) is 0 Å². The Labute approximate surface area is 207 Å². The summed E-state index contributed by atoms with van der Waals surface area (Å²) in [6.07, 6.45) is 6.24. The lowest BCUT2D eigenvalue weighted by Crippen LogP contribution is -2.70. The zero-order chi connectivity index (χ0) is 26.3. The molecule has 1 unspecified atom stereocenters. The fourth-order valence-corrected chi connectivity index (χ4v) is 5.24. The first-order valence-corrected chi connectivity index (χ1v) is 11.2. The molecule has 184 valence electrons. The first-order chi connectivity index (χ1) is 17.1. The van der Waals surface area contributed by atoms with Gasteiger partial charge in [-0.25, -0.2) is 9.18 Å². The van der Waals surface area contributed by atoms with Crippen LogP contribution in [-0.4, -0.2) is 36.3 Å². The van der Waals surface area contributed by atoms with Crippen molar-refractivity contribution in [1.82, 2.24) is 9.05 Å². The number of nitrogens with two attached hydrogens (primary N) is 2. The lowest BCUT2D eigenvalue weighted by atomic mass is 9.83. The van der Waals surface area contributed by atoms with E-state index in [1.807, 2.05) is 0 Å². The summed E-state index contributed by atoms with van der Waals surface area (Å²) in [6.45, 7) is 1.60. The SMILES string of the molecule is C#Cc1ccc([N+]2(C(N)=O)C[C@H](OC)C[C@]2(C(N)=O)c2ccc(-n3cccc(C)c3=O)cc2F)cc1. The van der Waals surface area contributed by atoms with Gasteiger partial charge in [0.05, 0.1) is 11.3 Å². The normalized spacial score (nSPS) is 23.2. The molecule has 1 saturated heterocycles. The largest absolute Gasteiger partial charge is 0.420 e. The second kappa shape index (κ2) is 9.07. The average molecular weight is 490 g/mol. The number of carbonyl (C=O) groups excluding carboxylic acids is 2. The van der Waals surface area contributed by atoms with Crippen LogP contribution >= 0.6 is 0 Å². The van der Waals surface area contributed by atoms with Crippen LogP contribution in [0, 0.1) is 25.1 Å². The Balaban J connectivity index is 2.00. The number of aromatic nitrogens is 1. The van der Waals surface area contributed by atoms with Gasteiger partial charge in [-0.2, -0.15) is 4.48 Å². The maximum atomic E-state index is 15.9. The van der Waals surface area contributed by atoms with Crippen molar-refractivity contribution in [2.24, 2.45) is 11.5 Å². The summed E-state index contributed by atoms with van der Waals surface area (Å²) in [4.78, 5) is 39.1. The molecule has 1 aliphatic rings. The van der Waals surface area contributed by atoms with Gasteiger partial charge in [0.1, 0.15) is 24.2 Å². The van der Waals surface area contributed by atoms with E-state index in [1.165, 1.54) is 30.0 Å². The molecule has 0 spiro atoms. The number of terminal acetylenes is 1. The number of amides is 3. The molecule has 2 aromatic carbocycles. The Morgan fingerprint density at radius 2 is 1.89 bits per heavy atom.